The number of hydrogen-bond acceptors (Lipinski definition) is 7. The van der Waals surface area contributed by atoms with Gasteiger partial charge in [0.05, 0.1) is 12.3 Å². The van der Waals surface area contributed by atoms with Gasteiger partial charge in [-0.1, -0.05) is 30.0 Å². The molecule has 0 amide bonds. The Kier molecular flexibility index (Phi) is 11.8. The number of fused-ring (bicyclic) bond motifs is 1. The molecule has 0 unspecified atom stereocenters. The molecule has 0 radical (unpaired) electrons. The summed E-state index contributed by atoms with van der Waals surface area (Å²) in [5.74, 6) is -2.48. The van der Waals surface area contributed by atoms with Gasteiger partial charge in [-0.3, -0.25) is 0 Å². The molecule has 2 aromatic carbocycles. The van der Waals surface area contributed by atoms with Gasteiger partial charge < -0.3 is 24.7 Å². The van der Waals surface area contributed by atoms with Gasteiger partial charge >= 0.3 is 11.9 Å². The summed E-state index contributed by atoms with van der Waals surface area (Å²) in [6.07, 6.45) is 5.26. The van der Waals surface area contributed by atoms with Gasteiger partial charge in [-0.05, 0) is 43.9 Å². The minimum Gasteiger partial charge on any atom is -0.493 e. The Balaban J connectivity index is 0.000000459. The van der Waals surface area contributed by atoms with Crippen LogP contribution in [-0.2, 0) is 15.3 Å². The molecule has 2 aliphatic heterocycles. The molecule has 1 fully saturated rings. The van der Waals surface area contributed by atoms with Crippen LogP contribution in [0, 0.1) is 11.6 Å². The Bertz CT molecular complexity index is 1150. The molecule has 0 spiro atoms. The van der Waals surface area contributed by atoms with Gasteiger partial charge in [0, 0.05) is 62.3 Å². The molecule has 2 aromatic rings. The van der Waals surface area contributed by atoms with E-state index >= 15 is 0 Å². The number of benzene rings is 2. The summed E-state index contributed by atoms with van der Waals surface area (Å²) in [7, 11) is 2.17. The third-order valence-electron chi connectivity index (χ3n) is 6.31. The first-order chi connectivity index (χ1) is 18.7. The van der Waals surface area contributed by atoms with Crippen LogP contribution in [-0.4, -0.2) is 76.4 Å². The van der Waals surface area contributed by atoms with Crippen molar-refractivity contribution in [2.24, 2.45) is 4.99 Å². The second kappa shape index (κ2) is 15.2. The lowest BCUT2D eigenvalue weighted by atomic mass is 10.0. The Labute approximate surface area is 231 Å². The van der Waals surface area contributed by atoms with Crippen LogP contribution in [0.15, 0.2) is 59.6 Å². The van der Waals surface area contributed by atoms with Gasteiger partial charge in [-0.15, -0.1) is 0 Å². The molecule has 0 aromatic heterocycles. The fourth-order valence-electron chi connectivity index (χ4n) is 4.27. The lowest BCUT2D eigenvalue weighted by Crippen LogP contribution is -2.45. The van der Waals surface area contributed by atoms with Gasteiger partial charge in [0.25, 0.3) is 0 Å². The van der Waals surface area contributed by atoms with E-state index in [0.717, 1.165) is 68.0 Å². The molecular formula is C28H33F2N3O5S. The number of likely N-dealkylation sites (tertiary alicyclic amines) is 1. The van der Waals surface area contributed by atoms with Gasteiger partial charge in [-0.2, -0.15) is 0 Å². The number of hydrogen-bond donors (Lipinski definition) is 2. The van der Waals surface area contributed by atoms with Crippen LogP contribution in [0.3, 0.4) is 0 Å². The highest BCUT2D eigenvalue weighted by atomic mass is 32.2. The second-order valence-electron chi connectivity index (χ2n) is 9.17. The number of aliphatic imine (C=N–C) groups is 1. The van der Waals surface area contributed by atoms with Crippen molar-refractivity contribution >= 4 is 34.6 Å². The zero-order chi connectivity index (χ0) is 28.2. The fraction of sp³-hybridized carbons (Fsp3) is 0.393. The third-order valence-corrected chi connectivity index (χ3v) is 7.41. The zero-order valence-electron chi connectivity index (χ0n) is 21.8. The SMILES string of the molecule is CN(C1=Nc2ccccc2CS1)C1CCN(CCCCOc2cc(F)cc(F)c2)CC1.O=C(O)C=CC(=O)O. The number of piperidine rings is 1. The van der Waals surface area contributed by atoms with Crippen molar-refractivity contribution in [3.8, 4) is 5.75 Å². The molecular weight excluding hydrogens is 528 g/mol. The average molecular weight is 562 g/mol. The van der Waals surface area contributed by atoms with Crippen molar-refractivity contribution in [3.05, 3.63) is 71.8 Å². The van der Waals surface area contributed by atoms with Crippen molar-refractivity contribution in [2.45, 2.75) is 37.5 Å². The predicted molar refractivity (Wildman–Crippen MR) is 148 cm³/mol. The maximum atomic E-state index is 13.2. The van der Waals surface area contributed by atoms with E-state index in [1.807, 2.05) is 11.8 Å². The van der Waals surface area contributed by atoms with E-state index in [0.29, 0.717) is 24.8 Å². The van der Waals surface area contributed by atoms with Crippen LogP contribution in [0.25, 0.3) is 0 Å². The van der Waals surface area contributed by atoms with Gasteiger partial charge in [0.1, 0.15) is 17.4 Å². The summed E-state index contributed by atoms with van der Waals surface area (Å²) in [5, 5.41) is 16.8. The van der Waals surface area contributed by atoms with Gasteiger partial charge in [-0.25, -0.2) is 23.4 Å². The van der Waals surface area contributed by atoms with E-state index < -0.39 is 23.6 Å². The minimum atomic E-state index is -1.26. The number of halogens is 2. The molecule has 0 aliphatic carbocycles. The highest BCUT2D eigenvalue weighted by Crippen LogP contribution is 2.33. The molecule has 39 heavy (non-hydrogen) atoms. The predicted octanol–water partition coefficient (Wildman–Crippen LogP) is 5.17. The van der Waals surface area contributed by atoms with Gasteiger partial charge in [0.15, 0.2) is 5.17 Å². The van der Waals surface area contributed by atoms with Crippen LogP contribution in [0.2, 0.25) is 0 Å². The molecule has 0 atom stereocenters. The fourth-order valence-corrected chi connectivity index (χ4v) is 5.31. The number of thioether (sulfide) groups is 1. The number of carbonyl (C=O) groups is 2. The number of ether oxygens (including phenoxy) is 1. The lowest BCUT2D eigenvalue weighted by molar-refractivity contribution is -0.134. The van der Waals surface area contributed by atoms with E-state index in [2.05, 4.69) is 41.1 Å². The molecule has 2 N–H and O–H groups in total. The largest absolute Gasteiger partial charge is 0.493 e. The first kappa shape index (κ1) is 30.1. The van der Waals surface area contributed by atoms with E-state index in [1.54, 1.807) is 0 Å². The summed E-state index contributed by atoms with van der Waals surface area (Å²) in [5.41, 5.74) is 2.41. The highest BCUT2D eigenvalue weighted by molar-refractivity contribution is 8.13. The number of carboxylic acids is 2. The topological polar surface area (TPSA) is 103 Å². The number of rotatable bonds is 9. The normalized spacial score (nSPS) is 15.6. The number of nitrogens with zero attached hydrogens (tertiary/aromatic N) is 3. The molecule has 0 bridgehead atoms. The number of unbranched alkanes of at least 4 members (excludes halogenated alkanes) is 1. The lowest BCUT2D eigenvalue weighted by Gasteiger charge is -2.38. The average Bonchev–Trinajstić information content (AvgIpc) is 2.91. The van der Waals surface area contributed by atoms with Crippen LogP contribution < -0.4 is 4.74 Å². The van der Waals surface area contributed by atoms with Gasteiger partial charge in [0.2, 0.25) is 0 Å². The van der Waals surface area contributed by atoms with Crippen molar-refractivity contribution in [2.75, 3.05) is 33.3 Å². The second-order valence-corrected chi connectivity index (χ2v) is 10.1. The summed E-state index contributed by atoms with van der Waals surface area (Å²) in [4.78, 5) is 28.8. The molecule has 0 saturated carbocycles. The zero-order valence-corrected chi connectivity index (χ0v) is 22.6. The summed E-state index contributed by atoms with van der Waals surface area (Å²) < 4.78 is 31.8. The Morgan fingerprint density at radius 1 is 1.08 bits per heavy atom. The monoisotopic (exact) mass is 561 g/mol. The quantitative estimate of drug-likeness (QED) is 0.320. The maximum absolute atomic E-state index is 13.2. The van der Waals surface area contributed by atoms with Crippen molar-refractivity contribution in [3.63, 3.8) is 0 Å². The molecule has 2 aliphatic rings. The van der Waals surface area contributed by atoms with E-state index in [1.165, 1.54) is 17.7 Å². The molecule has 8 nitrogen and oxygen atoms in total. The van der Waals surface area contributed by atoms with Crippen molar-refractivity contribution in [1.82, 2.24) is 9.80 Å². The number of aliphatic carboxylic acids is 2. The molecule has 210 valence electrons. The smallest absolute Gasteiger partial charge is 0.328 e. The third kappa shape index (κ3) is 10.3. The van der Waals surface area contributed by atoms with E-state index in [4.69, 9.17) is 19.9 Å². The van der Waals surface area contributed by atoms with Crippen LogP contribution >= 0.6 is 11.8 Å². The van der Waals surface area contributed by atoms with Crippen molar-refractivity contribution < 1.29 is 33.3 Å². The van der Waals surface area contributed by atoms with Crippen LogP contribution in [0.4, 0.5) is 14.5 Å². The Morgan fingerprint density at radius 2 is 1.72 bits per heavy atom. The van der Waals surface area contributed by atoms with Crippen LogP contribution in [0.1, 0.15) is 31.2 Å². The summed E-state index contributed by atoms with van der Waals surface area (Å²) >= 11 is 1.83. The van der Waals surface area contributed by atoms with E-state index in [-0.39, 0.29) is 5.75 Å². The molecule has 2 heterocycles. The summed E-state index contributed by atoms with van der Waals surface area (Å²) in [6.45, 7) is 3.67. The first-order valence-corrected chi connectivity index (χ1v) is 13.7. The molecule has 4 rings (SSSR count). The molecule has 1 saturated heterocycles. The highest BCUT2D eigenvalue weighted by Gasteiger charge is 2.26. The first-order valence-electron chi connectivity index (χ1n) is 12.7. The maximum Gasteiger partial charge on any atom is 0.328 e. The minimum absolute atomic E-state index is 0.257. The Morgan fingerprint density at radius 3 is 2.36 bits per heavy atom. The number of para-hydroxylation sites is 1. The Hall–Kier alpha value is -3.44. The standard InChI is InChI=1S/C24H29F2N3OS.C4H4O4/c1-28(24-27-23-7-3-2-6-18(23)17-31-24)21-8-11-29(12-9-21)10-4-5-13-30-22-15-19(25)14-20(26)16-22;5-3(6)1-2-4(7)8/h2-3,6-7,14-16,21H,4-5,8-13,17H2,1H3;1-2H,(H,5,6)(H,7,8). The van der Waals surface area contributed by atoms with Crippen molar-refractivity contribution in [1.29, 1.82) is 0 Å². The van der Waals surface area contributed by atoms with E-state index in [9.17, 15) is 18.4 Å². The number of amidine groups is 1. The van der Waals surface area contributed by atoms with Crippen LogP contribution in [0.5, 0.6) is 5.75 Å². The number of carboxylic acid groups (broad SMARTS) is 2. The summed E-state index contributed by atoms with van der Waals surface area (Å²) in [6, 6.07) is 12.2. The molecule has 11 heteroatoms.